The Morgan fingerprint density at radius 1 is 1.05 bits per heavy atom. The van der Waals surface area contributed by atoms with Crippen molar-refractivity contribution in [3.8, 4) is 11.5 Å². The van der Waals surface area contributed by atoms with Crippen LogP contribution in [-0.4, -0.2) is 24.3 Å². The highest BCUT2D eigenvalue weighted by Gasteiger charge is 2.33. The van der Waals surface area contributed by atoms with E-state index in [0.717, 1.165) is 11.1 Å². The van der Waals surface area contributed by atoms with E-state index in [1.165, 1.54) is 18.4 Å². The Morgan fingerprint density at radius 3 is 2.41 bits per heavy atom. The molecule has 2 heterocycles. The fourth-order valence-corrected chi connectivity index (χ4v) is 6.06. The quantitative estimate of drug-likeness (QED) is 0.244. The van der Waals surface area contributed by atoms with Gasteiger partial charge >= 0.3 is 5.97 Å². The molecule has 0 amide bonds. The summed E-state index contributed by atoms with van der Waals surface area (Å²) in [4.78, 5) is 32.1. The van der Waals surface area contributed by atoms with E-state index in [2.05, 4.69) is 0 Å². The van der Waals surface area contributed by atoms with Gasteiger partial charge in [-0.3, -0.25) is 9.36 Å². The highest BCUT2D eigenvalue weighted by atomic mass is 35.5. The first-order chi connectivity index (χ1) is 19.9. The van der Waals surface area contributed by atoms with Crippen LogP contribution in [-0.2, 0) is 16.1 Å². The van der Waals surface area contributed by atoms with Crippen molar-refractivity contribution < 1.29 is 19.0 Å². The zero-order valence-electron chi connectivity index (χ0n) is 22.9. The van der Waals surface area contributed by atoms with Gasteiger partial charge in [-0.2, -0.15) is 0 Å². The Morgan fingerprint density at radius 2 is 1.76 bits per heavy atom. The highest BCUT2D eigenvalue weighted by Crippen LogP contribution is 2.37. The molecule has 0 saturated heterocycles. The van der Waals surface area contributed by atoms with Crippen molar-refractivity contribution in [2.45, 2.75) is 32.9 Å². The van der Waals surface area contributed by atoms with Gasteiger partial charge in [-0.05, 0) is 48.2 Å². The Bertz CT molecular complexity index is 1780. The van der Waals surface area contributed by atoms with E-state index in [0.29, 0.717) is 62.3 Å². The molecule has 0 bridgehead atoms. The van der Waals surface area contributed by atoms with Crippen molar-refractivity contribution in [3.05, 3.63) is 125 Å². The van der Waals surface area contributed by atoms with Crippen LogP contribution >= 0.6 is 22.9 Å². The minimum Gasteiger partial charge on any atom is -0.490 e. The van der Waals surface area contributed by atoms with Crippen LogP contribution in [0, 0.1) is 0 Å². The molecule has 4 aromatic rings. The highest BCUT2D eigenvalue weighted by molar-refractivity contribution is 7.07. The number of aromatic nitrogens is 1. The molecule has 3 aromatic carbocycles. The SMILES string of the molecule is CCOc1cc(/C=c2\sc3n(c2=O)[C@@H](c2ccccc2)C(C(=O)OC)=C(CC)N=3)cc(Cl)c1OCc1ccccc1. The van der Waals surface area contributed by atoms with Crippen molar-refractivity contribution in [2.75, 3.05) is 13.7 Å². The van der Waals surface area contributed by atoms with Crippen LogP contribution in [0.2, 0.25) is 5.02 Å². The van der Waals surface area contributed by atoms with E-state index in [9.17, 15) is 9.59 Å². The van der Waals surface area contributed by atoms with Crippen LogP contribution in [0.1, 0.15) is 43.0 Å². The number of ether oxygens (including phenoxy) is 3. The number of halogens is 1. The summed E-state index contributed by atoms with van der Waals surface area (Å²) in [6, 6.07) is 22.1. The molecule has 210 valence electrons. The maximum atomic E-state index is 13.9. The number of nitrogens with zero attached hydrogens (tertiary/aromatic N) is 2. The molecule has 0 unspecified atom stereocenters. The van der Waals surface area contributed by atoms with E-state index in [4.69, 9.17) is 30.8 Å². The molecular weight excluding hydrogens is 560 g/mol. The summed E-state index contributed by atoms with van der Waals surface area (Å²) in [6.07, 6.45) is 2.27. The molecule has 0 radical (unpaired) electrons. The van der Waals surface area contributed by atoms with Crippen LogP contribution in [0.25, 0.3) is 6.08 Å². The Balaban J connectivity index is 1.61. The van der Waals surface area contributed by atoms with Gasteiger partial charge in [0.15, 0.2) is 16.3 Å². The predicted octanol–water partition coefficient (Wildman–Crippen LogP) is 5.43. The normalized spacial score (nSPS) is 14.8. The van der Waals surface area contributed by atoms with Gasteiger partial charge in [-0.1, -0.05) is 90.5 Å². The standard InChI is InChI=1S/C32H29ClN2O5S/c1-4-24-27(31(37)38-3)28(22-14-10-7-11-15-22)35-30(36)26(41-32(35)34-24)18-21-16-23(33)29(25(17-21)39-5-2)40-19-20-12-8-6-9-13-20/h6-18,28H,4-5,19H2,1-3H3/b26-18-/t28-/m0/s1. The zero-order valence-corrected chi connectivity index (χ0v) is 24.5. The van der Waals surface area contributed by atoms with Crippen LogP contribution in [0.3, 0.4) is 0 Å². The monoisotopic (exact) mass is 588 g/mol. The Labute approximate surface area is 246 Å². The molecule has 41 heavy (non-hydrogen) atoms. The van der Waals surface area contributed by atoms with Gasteiger partial charge in [0.1, 0.15) is 6.61 Å². The minimum atomic E-state index is -0.659. The largest absolute Gasteiger partial charge is 0.490 e. The number of rotatable bonds is 9. The number of carbonyl (C=O) groups excluding carboxylic acids is 1. The van der Waals surface area contributed by atoms with Crippen molar-refractivity contribution in [1.29, 1.82) is 0 Å². The first-order valence-corrected chi connectivity index (χ1v) is 14.5. The van der Waals surface area contributed by atoms with Gasteiger partial charge < -0.3 is 14.2 Å². The van der Waals surface area contributed by atoms with E-state index in [1.54, 1.807) is 22.8 Å². The number of esters is 1. The number of thiazole rings is 1. The Hall–Kier alpha value is -4.14. The first-order valence-electron chi connectivity index (χ1n) is 13.3. The molecule has 7 nitrogen and oxygen atoms in total. The van der Waals surface area contributed by atoms with Crippen molar-refractivity contribution in [2.24, 2.45) is 4.99 Å². The van der Waals surface area contributed by atoms with Crippen LogP contribution in [0.5, 0.6) is 11.5 Å². The number of benzene rings is 3. The van der Waals surface area contributed by atoms with Gasteiger partial charge in [0.25, 0.3) is 5.56 Å². The molecule has 0 fully saturated rings. The Kier molecular flexibility index (Phi) is 8.71. The summed E-state index contributed by atoms with van der Waals surface area (Å²) >= 11 is 7.93. The van der Waals surface area contributed by atoms with Crippen LogP contribution in [0.15, 0.2) is 93.9 Å². The maximum Gasteiger partial charge on any atom is 0.338 e. The average Bonchev–Trinajstić information content (AvgIpc) is 3.30. The molecule has 0 saturated carbocycles. The van der Waals surface area contributed by atoms with Gasteiger partial charge in [-0.15, -0.1) is 0 Å². The summed E-state index contributed by atoms with van der Waals surface area (Å²) < 4.78 is 19.0. The second kappa shape index (κ2) is 12.6. The summed E-state index contributed by atoms with van der Waals surface area (Å²) in [5.74, 6) is 0.418. The summed E-state index contributed by atoms with van der Waals surface area (Å²) in [5, 5.41) is 0.370. The maximum absolute atomic E-state index is 13.9. The summed E-state index contributed by atoms with van der Waals surface area (Å²) in [6.45, 7) is 4.56. The van der Waals surface area contributed by atoms with Gasteiger partial charge in [0.2, 0.25) is 0 Å². The molecule has 0 N–H and O–H groups in total. The second-order valence-electron chi connectivity index (χ2n) is 9.24. The molecule has 1 aromatic heterocycles. The lowest BCUT2D eigenvalue weighted by atomic mass is 9.95. The molecule has 1 aliphatic rings. The number of fused-ring (bicyclic) bond motifs is 1. The first kappa shape index (κ1) is 28.4. The van der Waals surface area contributed by atoms with E-state index in [-0.39, 0.29) is 5.56 Å². The molecule has 1 aliphatic heterocycles. The van der Waals surface area contributed by atoms with Gasteiger partial charge in [0.05, 0.1) is 40.6 Å². The fraction of sp³-hybridized carbons (Fsp3) is 0.219. The lowest BCUT2D eigenvalue weighted by molar-refractivity contribution is -0.136. The third kappa shape index (κ3) is 5.85. The fourth-order valence-electron chi connectivity index (χ4n) is 4.77. The summed E-state index contributed by atoms with van der Waals surface area (Å²) in [7, 11) is 1.34. The molecule has 1 atom stereocenters. The second-order valence-corrected chi connectivity index (χ2v) is 10.7. The molecule has 0 aliphatic carbocycles. The molecule has 9 heteroatoms. The minimum absolute atomic E-state index is 0.266. The number of carbonyl (C=O) groups is 1. The lowest BCUT2D eigenvalue weighted by Gasteiger charge is -2.25. The van der Waals surface area contributed by atoms with Gasteiger partial charge in [0, 0.05) is 0 Å². The third-order valence-corrected chi connectivity index (χ3v) is 7.88. The lowest BCUT2D eigenvalue weighted by Crippen LogP contribution is -2.40. The van der Waals surface area contributed by atoms with E-state index in [1.807, 2.05) is 74.5 Å². The van der Waals surface area contributed by atoms with E-state index < -0.39 is 12.0 Å². The topological polar surface area (TPSA) is 79.1 Å². The van der Waals surface area contributed by atoms with Crippen LogP contribution < -0.4 is 24.4 Å². The van der Waals surface area contributed by atoms with E-state index >= 15 is 0 Å². The van der Waals surface area contributed by atoms with Crippen molar-refractivity contribution >= 4 is 35.0 Å². The molecule has 5 rings (SSSR count). The predicted molar refractivity (Wildman–Crippen MR) is 160 cm³/mol. The smallest absolute Gasteiger partial charge is 0.338 e. The number of hydrogen-bond donors (Lipinski definition) is 0. The number of hydrogen-bond acceptors (Lipinski definition) is 7. The van der Waals surface area contributed by atoms with Crippen LogP contribution in [0.4, 0.5) is 0 Å². The molecule has 0 spiro atoms. The number of methoxy groups -OCH3 is 1. The number of allylic oxidation sites excluding steroid dienone is 1. The molecular formula is C32H29ClN2O5S. The zero-order chi connectivity index (χ0) is 28.9. The summed E-state index contributed by atoms with van der Waals surface area (Å²) in [5.41, 5.74) is 3.17. The van der Waals surface area contributed by atoms with Gasteiger partial charge in [-0.25, -0.2) is 9.79 Å². The van der Waals surface area contributed by atoms with Crippen molar-refractivity contribution in [3.63, 3.8) is 0 Å². The average molecular weight is 589 g/mol. The van der Waals surface area contributed by atoms with Crippen molar-refractivity contribution in [1.82, 2.24) is 4.57 Å². The third-order valence-electron chi connectivity index (χ3n) is 6.62.